The van der Waals surface area contributed by atoms with E-state index in [0.29, 0.717) is 5.41 Å². The molecule has 0 aromatic carbocycles. The topological polar surface area (TPSA) is 0 Å². The van der Waals surface area contributed by atoms with Crippen molar-refractivity contribution in [3.05, 3.63) is 11.6 Å². The standard InChI is InChI=1S/C21H34/c1-4-16-7-10-20-19-9-6-15-13-14(2)5-8-17(15)18(19)11-12-21(16,20)3/h5,15-20H,4,6-13H2,1-3H3. The lowest BCUT2D eigenvalue weighted by Crippen LogP contribution is -2.47. The fraction of sp³-hybridized carbons (Fsp3) is 0.905. The first-order valence-corrected chi connectivity index (χ1v) is 9.79. The second-order valence-electron chi connectivity index (χ2n) is 9.15. The highest BCUT2D eigenvalue weighted by Gasteiger charge is 2.55. The van der Waals surface area contributed by atoms with Gasteiger partial charge in [0.15, 0.2) is 0 Å². The number of rotatable bonds is 1. The molecular weight excluding hydrogens is 252 g/mol. The second kappa shape index (κ2) is 5.14. The van der Waals surface area contributed by atoms with Crippen LogP contribution in [-0.4, -0.2) is 0 Å². The fourth-order valence-corrected chi connectivity index (χ4v) is 7.47. The van der Waals surface area contributed by atoms with Crippen molar-refractivity contribution in [2.24, 2.45) is 40.9 Å². The molecule has 0 radical (unpaired) electrons. The minimum atomic E-state index is 0.711. The number of allylic oxidation sites excluding steroid dienone is 2. The third kappa shape index (κ3) is 2.07. The molecular formula is C21H34. The minimum Gasteiger partial charge on any atom is -0.0853 e. The summed E-state index contributed by atoms with van der Waals surface area (Å²) in [5.74, 6) is 6.39. The molecule has 21 heavy (non-hydrogen) atoms. The summed E-state index contributed by atoms with van der Waals surface area (Å²) in [6.07, 6.45) is 16.2. The lowest BCUT2D eigenvalue weighted by Gasteiger charge is -2.55. The maximum absolute atomic E-state index is 2.67. The van der Waals surface area contributed by atoms with Crippen molar-refractivity contribution in [3.8, 4) is 0 Å². The molecule has 0 aromatic rings. The van der Waals surface area contributed by atoms with E-state index in [0.717, 1.165) is 35.5 Å². The van der Waals surface area contributed by atoms with Crippen LogP contribution in [0, 0.1) is 40.9 Å². The summed E-state index contributed by atoms with van der Waals surface area (Å²) in [6, 6.07) is 0. The van der Waals surface area contributed by atoms with Crippen LogP contribution in [0.4, 0.5) is 0 Å². The number of fused-ring (bicyclic) bond motifs is 5. The van der Waals surface area contributed by atoms with E-state index in [1.165, 1.54) is 25.7 Å². The first-order valence-electron chi connectivity index (χ1n) is 9.79. The molecule has 0 nitrogen and oxygen atoms in total. The molecule has 0 bridgehead atoms. The zero-order chi connectivity index (χ0) is 14.6. The normalized spacial score (nSPS) is 52.6. The molecule has 4 rings (SSSR count). The van der Waals surface area contributed by atoms with Crippen LogP contribution in [-0.2, 0) is 0 Å². The van der Waals surface area contributed by atoms with Gasteiger partial charge in [-0.05, 0) is 99.2 Å². The zero-order valence-electron chi connectivity index (χ0n) is 14.4. The van der Waals surface area contributed by atoms with Crippen LogP contribution in [0.2, 0.25) is 0 Å². The summed E-state index contributed by atoms with van der Waals surface area (Å²) >= 11 is 0. The Morgan fingerprint density at radius 1 is 1.05 bits per heavy atom. The van der Waals surface area contributed by atoms with Gasteiger partial charge in [-0.2, -0.15) is 0 Å². The Bertz CT molecular complexity index is 433. The lowest BCUT2D eigenvalue weighted by atomic mass is 9.50. The van der Waals surface area contributed by atoms with Crippen LogP contribution in [0.3, 0.4) is 0 Å². The molecule has 0 aliphatic heterocycles. The summed E-state index contributed by atoms with van der Waals surface area (Å²) in [5, 5.41) is 0. The third-order valence-corrected chi connectivity index (χ3v) is 8.53. The highest BCUT2D eigenvalue weighted by Crippen LogP contribution is 2.64. The Balaban J connectivity index is 1.58. The molecule has 3 saturated carbocycles. The first-order chi connectivity index (χ1) is 10.1. The van der Waals surface area contributed by atoms with Gasteiger partial charge in [0, 0.05) is 0 Å². The van der Waals surface area contributed by atoms with Crippen LogP contribution in [0.1, 0.15) is 78.6 Å². The highest BCUT2D eigenvalue weighted by atomic mass is 14.6. The van der Waals surface area contributed by atoms with Crippen molar-refractivity contribution < 1.29 is 0 Å². The fourth-order valence-electron chi connectivity index (χ4n) is 7.47. The maximum Gasteiger partial charge on any atom is -0.0266 e. The summed E-state index contributed by atoms with van der Waals surface area (Å²) < 4.78 is 0. The van der Waals surface area contributed by atoms with E-state index in [1.54, 1.807) is 37.7 Å². The van der Waals surface area contributed by atoms with Gasteiger partial charge >= 0.3 is 0 Å². The smallest absolute Gasteiger partial charge is 0.0266 e. The maximum atomic E-state index is 2.67. The lowest BCUT2D eigenvalue weighted by molar-refractivity contribution is -0.0530. The Labute approximate surface area is 131 Å². The SMILES string of the molecule is CCC1CCC2C3CCC4CC(C)=CCC4C3CCC12C. The molecule has 3 fully saturated rings. The molecule has 0 heteroatoms. The molecule has 0 amide bonds. The van der Waals surface area contributed by atoms with E-state index >= 15 is 0 Å². The average Bonchev–Trinajstić information content (AvgIpc) is 2.83. The van der Waals surface area contributed by atoms with E-state index in [1.807, 2.05) is 0 Å². The zero-order valence-corrected chi connectivity index (χ0v) is 14.4. The number of hydrogen-bond donors (Lipinski definition) is 0. The van der Waals surface area contributed by atoms with Crippen LogP contribution in [0.25, 0.3) is 0 Å². The Morgan fingerprint density at radius 2 is 1.90 bits per heavy atom. The predicted molar refractivity (Wildman–Crippen MR) is 90.0 cm³/mol. The van der Waals surface area contributed by atoms with Crippen molar-refractivity contribution >= 4 is 0 Å². The van der Waals surface area contributed by atoms with Crippen LogP contribution < -0.4 is 0 Å². The molecule has 7 atom stereocenters. The molecule has 0 heterocycles. The van der Waals surface area contributed by atoms with Gasteiger partial charge in [-0.1, -0.05) is 31.9 Å². The number of hydrogen-bond acceptors (Lipinski definition) is 0. The molecule has 0 saturated heterocycles. The van der Waals surface area contributed by atoms with Gasteiger partial charge in [-0.25, -0.2) is 0 Å². The van der Waals surface area contributed by atoms with E-state index < -0.39 is 0 Å². The van der Waals surface area contributed by atoms with Gasteiger partial charge < -0.3 is 0 Å². The molecule has 0 aromatic heterocycles. The van der Waals surface area contributed by atoms with Crippen LogP contribution in [0.15, 0.2) is 11.6 Å². The molecule has 118 valence electrons. The largest absolute Gasteiger partial charge is 0.0853 e. The van der Waals surface area contributed by atoms with Crippen molar-refractivity contribution in [1.29, 1.82) is 0 Å². The molecule has 0 N–H and O–H groups in total. The molecule has 7 unspecified atom stereocenters. The molecule has 4 aliphatic rings. The van der Waals surface area contributed by atoms with Gasteiger partial charge in [-0.3, -0.25) is 0 Å². The minimum absolute atomic E-state index is 0.711. The summed E-state index contributed by atoms with van der Waals surface area (Å²) in [7, 11) is 0. The van der Waals surface area contributed by atoms with E-state index in [9.17, 15) is 0 Å². The summed E-state index contributed by atoms with van der Waals surface area (Å²) in [4.78, 5) is 0. The Morgan fingerprint density at radius 3 is 2.71 bits per heavy atom. The van der Waals surface area contributed by atoms with Gasteiger partial charge in [-0.15, -0.1) is 0 Å². The van der Waals surface area contributed by atoms with E-state index in [4.69, 9.17) is 0 Å². The molecule has 0 spiro atoms. The van der Waals surface area contributed by atoms with E-state index in [2.05, 4.69) is 26.8 Å². The summed E-state index contributed by atoms with van der Waals surface area (Å²) in [5.41, 5.74) is 2.39. The Kier molecular flexibility index (Phi) is 3.51. The van der Waals surface area contributed by atoms with Crippen LogP contribution >= 0.6 is 0 Å². The van der Waals surface area contributed by atoms with Gasteiger partial charge in [0.05, 0.1) is 0 Å². The van der Waals surface area contributed by atoms with Gasteiger partial charge in [0.2, 0.25) is 0 Å². The highest BCUT2D eigenvalue weighted by molar-refractivity contribution is 5.11. The van der Waals surface area contributed by atoms with E-state index in [-0.39, 0.29) is 0 Å². The Hall–Kier alpha value is -0.260. The van der Waals surface area contributed by atoms with Crippen molar-refractivity contribution in [3.63, 3.8) is 0 Å². The molecule has 4 aliphatic carbocycles. The average molecular weight is 287 g/mol. The summed E-state index contributed by atoms with van der Waals surface area (Å²) in [6.45, 7) is 7.48. The second-order valence-corrected chi connectivity index (χ2v) is 9.15. The predicted octanol–water partition coefficient (Wildman–Crippen LogP) is 6.22. The first kappa shape index (κ1) is 14.3. The van der Waals surface area contributed by atoms with Gasteiger partial charge in [0.25, 0.3) is 0 Å². The monoisotopic (exact) mass is 286 g/mol. The third-order valence-electron chi connectivity index (χ3n) is 8.53. The van der Waals surface area contributed by atoms with Gasteiger partial charge in [0.1, 0.15) is 0 Å². The quantitative estimate of drug-likeness (QED) is 0.502. The van der Waals surface area contributed by atoms with Crippen molar-refractivity contribution in [2.45, 2.75) is 78.6 Å². The van der Waals surface area contributed by atoms with Crippen molar-refractivity contribution in [2.75, 3.05) is 0 Å². The van der Waals surface area contributed by atoms with Crippen molar-refractivity contribution in [1.82, 2.24) is 0 Å². The van der Waals surface area contributed by atoms with Crippen LogP contribution in [0.5, 0.6) is 0 Å².